The van der Waals surface area contributed by atoms with Gasteiger partial charge in [-0.1, -0.05) is 0 Å². The lowest BCUT2D eigenvalue weighted by atomic mass is 10.1. The molecule has 1 aromatic carbocycles. The minimum atomic E-state index is -0.153. The van der Waals surface area contributed by atoms with Crippen LogP contribution in [0.25, 0.3) is 0 Å². The summed E-state index contributed by atoms with van der Waals surface area (Å²) in [5.41, 5.74) is 7.82. The fourth-order valence-corrected chi connectivity index (χ4v) is 2.67. The SMILES string of the molecule is COc1cc(N)c(C(=O)N(C)Cc2ccsc2)cc1OC. The molecule has 1 heterocycles. The molecule has 0 saturated heterocycles. The van der Waals surface area contributed by atoms with Crippen LogP contribution in [0.4, 0.5) is 5.69 Å². The van der Waals surface area contributed by atoms with E-state index < -0.39 is 0 Å². The second-order valence-electron chi connectivity index (χ2n) is 4.59. The van der Waals surface area contributed by atoms with E-state index in [1.165, 1.54) is 14.2 Å². The zero-order valence-electron chi connectivity index (χ0n) is 12.3. The van der Waals surface area contributed by atoms with Gasteiger partial charge in [0.25, 0.3) is 5.91 Å². The van der Waals surface area contributed by atoms with Crippen LogP contribution in [0.3, 0.4) is 0 Å². The average Bonchev–Trinajstić information content (AvgIpc) is 2.99. The van der Waals surface area contributed by atoms with E-state index in [2.05, 4.69) is 0 Å². The van der Waals surface area contributed by atoms with Gasteiger partial charge in [-0.2, -0.15) is 11.3 Å². The van der Waals surface area contributed by atoms with E-state index in [4.69, 9.17) is 15.2 Å². The van der Waals surface area contributed by atoms with E-state index in [0.717, 1.165) is 5.56 Å². The van der Waals surface area contributed by atoms with Gasteiger partial charge in [-0.25, -0.2) is 0 Å². The number of thiophene rings is 1. The first-order valence-electron chi connectivity index (χ1n) is 6.34. The average molecular weight is 306 g/mol. The second-order valence-corrected chi connectivity index (χ2v) is 5.37. The lowest BCUT2D eigenvalue weighted by molar-refractivity contribution is 0.0786. The first-order chi connectivity index (χ1) is 10.1. The summed E-state index contributed by atoms with van der Waals surface area (Å²) < 4.78 is 10.4. The maximum absolute atomic E-state index is 12.5. The van der Waals surface area contributed by atoms with Gasteiger partial charge >= 0.3 is 0 Å². The van der Waals surface area contributed by atoms with Crippen LogP contribution in [0.2, 0.25) is 0 Å². The van der Waals surface area contributed by atoms with Crippen LogP contribution in [-0.4, -0.2) is 32.1 Å². The lowest BCUT2D eigenvalue weighted by Crippen LogP contribution is -2.26. The molecule has 2 aromatic rings. The standard InChI is InChI=1S/C15H18N2O3S/c1-17(8-10-4-5-21-9-10)15(18)11-6-13(19-2)14(20-3)7-12(11)16/h4-7,9H,8,16H2,1-3H3. The van der Waals surface area contributed by atoms with E-state index in [9.17, 15) is 4.79 Å². The summed E-state index contributed by atoms with van der Waals surface area (Å²) in [6.07, 6.45) is 0. The first-order valence-corrected chi connectivity index (χ1v) is 7.29. The Hall–Kier alpha value is -2.21. The van der Waals surface area contributed by atoms with Crippen molar-refractivity contribution in [3.05, 3.63) is 40.1 Å². The van der Waals surface area contributed by atoms with Gasteiger partial charge in [0.05, 0.1) is 19.8 Å². The number of rotatable bonds is 5. The number of hydrogen-bond donors (Lipinski definition) is 1. The Bertz CT molecular complexity index is 626. The number of carbonyl (C=O) groups excluding carboxylic acids is 1. The Labute approximate surface area is 127 Å². The molecular formula is C15H18N2O3S. The number of carbonyl (C=O) groups is 1. The minimum Gasteiger partial charge on any atom is -0.493 e. The van der Waals surface area contributed by atoms with Gasteiger partial charge in [0.1, 0.15) is 0 Å². The summed E-state index contributed by atoms with van der Waals surface area (Å²) in [6, 6.07) is 5.21. The van der Waals surface area contributed by atoms with Crippen molar-refractivity contribution in [1.29, 1.82) is 0 Å². The summed E-state index contributed by atoms with van der Waals surface area (Å²) >= 11 is 1.60. The number of anilines is 1. The number of methoxy groups -OCH3 is 2. The highest BCUT2D eigenvalue weighted by molar-refractivity contribution is 7.07. The Morgan fingerprint density at radius 3 is 2.52 bits per heavy atom. The van der Waals surface area contributed by atoms with Crippen molar-refractivity contribution in [1.82, 2.24) is 4.90 Å². The van der Waals surface area contributed by atoms with Crippen LogP contribution < -0.4 is 15.2 Å². The molecule has 0 unspecified atom stereocenters. The molecule has 112 valence electrons. The predicted octanol–water partition coefficient (Wildman–Crippen LogP) is 2.62. The van der Waals surface area contributed by atoms with Crippen molar-refractivity contribution in [2.24, 2.45) is 0 Å². The molecule has 0 fully saturated rings. The molecule has 21 heavy (non-hydrogen) atoms. The molecule has 0 bridgehead atoms. The number of amides is 1. The monoisotopic (exact) mass is 306 g/mol. The molecule has 1 amide bonds. The molecule has 5 nitrogen and oxygen atoms in total. The zero-order chi connectivity index (χ0) is 15.4. The summed E-state index contributed by atoms with van der Waals surface area (Å²) in [4.78, 5) is 14.1. The van der Waals surface area contributed by atoms with E-state index >= 15 is 0 Å². The molecule has 0 aliphatic rings. The van der Waals surface area contributed by atoms with E-state index in [0.29, 0.717) is 29.3 Å². The molecule has 0 aliphatic heterocycles. The number of nitrogens with two attached hydrogens (primary N) is 1. The fourth-order valence-electron chi connectivity index (χ4n) is 2.01. The Morgan fingerprint density at radius 1 is 1.29 bits per heavy atom. The third-order valence-electron chi connectivity index (χ3n) is 3.13. The Morgan fingerprint density at radius 2 is 1.95 bits per heavy atom. The van der Waals surface area contributed by atoms with Crippen molar-refractivity contribution < 1.29 is 14.3 Å². The van der Waals surface area contributed by atoms with Gasteiger partial charge in [0, 0.05) is 25.3 Å². The summed E-state index contributed by atoms with van der Waals surface area (Å²) in [5, 5.41) is 4.00. The Balaban J connectivity index is 2.25. The molecule has 1 aromatic heterocycles. The third-order valence-corrected chi connectivity index (χ3v) is 3.86. The largest absolute Gasteiger partial charge is 0.493 e. The van der Waals surface area contributed by atoms with Crippen molar-refractivity contribution in [3.63, 3.8) is 0 Å². The highest BCUT2D eigenvalue weighted by Gasteiger charge is 2.18. The minimum absolute atomic E-state index is 0.153. The van der Waals surface area contributed by atoms with Gasteiger partial charge in [-0.3, -0.25) is 4.79 Å². The van der Waals surface area contributed by atoms with Crippen molar-refractivity contribution in [3.8, 4) is 11.5 Å². The summed E-state index contributed by atoms with van der Waals surface area (Å²) in [7, 11) is 4.80. The molecule has 0 spiro atoms. The van der Waals surface area contributed by atoms with Gasteiger partial charge < -0.3 is 20.1 Å². The molecule has 2 N–H and O–H groups in total. The van der Waals surface area contributed by atoms with Crippen LogP contribution in [0.15, 0.2) is 29.0 Å². The van der Waals surface area contributed by atoms with Crippen LogP contribution >= 0.6 is 11.3 Å². The van der Waals surface area contributed by atoms with Crippen LogP contribution in [0, 0.1) is 0 Å². The smallest absolute Gasteiger partial charge is 0.256 e. The van der Waals surface area contributed by atoms with Crippen molar-refractivity contribution >= 4 is 22.9 Å². The van der Waals surface area contributed by atoms with E-state index in [-0.39, 0.29) is 5.91 Å². The third kappa shape index (κ3) is 3.28. The van der Waals surface area contributed by atoms with Crippen LogP contribution in [-0.2, 0) is 6.54 Å². The molecule has 0 saturated carbocycles. The number of benzene rings is 1. The van der Waals surface area contributed by atoms with Crippen molar-refractivity contribution in [2.75, 3.05) is 27.0 Å². The summed E-state index contributed by atoms with van der Waals surface area (Å²) in [6.45, 7) is 0.538. The van der Waals surface area contributed by atoms with E-state index in [1.807, 2.05) is 16.8 Å². The highest BCUT2D eigenvalue weighted by atomic mass is 32.1. The molecular weight excluding hydrogens is 288 g/mol. The number of ether oxygens (including phenoxy) is 2. The second kappa shape index (κ2) is 6.49. The maximum atomic E-state index is 12.5. The molecule has 2 rings (SSSR count). The molecule has 0 aliphatic carbocycles. The van der Waals surface area contributed by atoms with Gasteiger partial charge in [0.2, 0.25) is 0 Å². The quantitative estimate of drug-likeness (QED) is 0.862. The fraction of sp³-hybridized carbons (Fsp3) is 0.267. The first kappa shape index (κ1) is 15.2. The molecule has 0 atom stereocenters. The van der Waals surface area contributed by atoms with Crippen molar-refractivity contribution in [2.45, 2.75) is 6.54 Å². The number of nitrogens with zero attached hydrogens (tertiary/aromatic N) is 1. The van der Waals surface area contributed by atoms with Crippen LogP contribution in [0.5, 0.6) is 11.5 Å². The lowest BCUT2D eigenvalue weighted by Gasteiger charge is -2.19. The van der Waals surface area contributed by atoms with Crippen LogP contribution in [0.1, 0.15) is 15.9 Å². The van der Waals surface area contributed by atoms with Gasteiger partial charge in [-0.05, 0) is 28.5 Å². The maximum Gasteiger partial charge on any atom is 0.256 e. The summed E-state index contributed by atoms with van der Waals surface area (Å²) in [5.74, 6) is 0.839. The molecule has 6 heteroatoms. The normalized spacial score (nSPS) is 10.2. The highest BCUT2D eigenvalue weighted by Crippen LogP contribution is 2.32. The topological polar surface area (TPSA) is 64.8 Å². The Kier molecular flexibility index (Phi) is 4.70. The van der Waals surface area contributed by atoms with Gasteiger partial charge in [0.15, 0.2) is 11.5 Å². The number of hydrogen-bond acceptors (Lipinski definition) is 5. The van der Waals surface area contributed by atoms with E-state index in [1.54, 1.807) is 35.4 Å². The molecule has 0 radical (unpaired) electrons. The predicted molar refractivity (Wildman–Crippen MR) is 84.1 cm³/mol. The number of nitrogen functional groups attached to an aromatic ring is 1. The van der Waals surface area contributed by atoms with Gasteiger partial charge in [-0.15, -0.1) is 0 Å². The zero-order valence-corrected chi connectivity index (χ0v) is 13.1.